The van der Waals surface area contributed by atoms with Crippen LogP contribution in [0.4, 0.5) is 0 Å². The van der Waals surface area contributed by atoms with Crippen molar-refractivity contribution in [3.63, 3.8) is 0 Å². The predicted molar refractivity (Wildman–Crippen MR) is 96.1 cm³/mol. The number of rotatable bonds is 8. The zero-order valence-corrected chi connectivity index (χ0v) is 15.0. The molecule has 23 heavy (non-hydrogen) atoms. The van der Waals surface area contributed by atoms with Crippen LogP contribution in [0.15, 0.2) is 4.99 Å². The monoisotopic (exact) mass is 325 g/mol. The molecule has 2 fully saturated rings. The van der Waals surface area contributed by atoms with Gasteiger partial charge in [0, 0.05) is 32.2 Å². The van der Waals surface area contributed by atoms with Crippen molar-refractivity contribution in [3.8, 4) is 0 Å². The number of hydrogen-bond acceptors (Lipinski definition) is 4. The quantitative estimate of drug-likeness (QED) is 0.392. The number of ether oxygens (including phenoxy) is 1. The summed E-state index contributed by atoms with van der Waals surface area (Å²) in [7, 11) is 0. The van der Waals surface area contributed by atoms with E-state index in [-0.39, 0.29) is 0 Å². The van der Waals surface area contributed by atoms with Crippen molar-refractivity contribution >= 4 is 5.96 Å². The summed E-state index contributed by atoms with van der Waals surface area (Å²) in [5.74, 6) is 0.970. The Morgan fingerprint density at radius 3 is 2.74 bits per heavy atom. The molecule has 6 heteroatoms. The zero-order chi connectivity index (χ0) is 16.3. The van der Waals surface area contributed by atoms with Crippen LogP contribution < -0.4 is 10.6 Å². The van der Waals surface area contributed by atoms with Crippen molar-refractivity contribution in [1.82, 2.24) is 20.4 Å². The van der Waals surface area contributed by atoms with Gasteiger partial charge in [-0.25, -0.2) is 0 Å². The Balaban J connectivity index is 1.66. The average Bonchev–Trinajstić information content (AvgIpc) is 3.05. The molecule has 6 nitrogen and oxygen atoms in total. The first-order valence-corrected chi connectivity index (χ1v) is 9.39. The number of aliphatic imine (C=N–C) groups is 1. The minimum atomic E-state index is 0.629. The topological polar surface area (TPSA) is 52.1 Å². The molecule has 0 radical (unpaired) electrons. The molecule has 2 N–H and O–H groups in total. The van der Waals surface area contributed by atoms with Gasteiger partial charge in [0.15, 0.2) is 5.96 Å². The van der Waals surface area contributed by atoms with E-state index in [4.69, 9.17) is 9.73 Å². The molecule has 2 saturated heterocycles. The SMILES string of the molecule is CCNC(=NCC1CCCN1CC)NCCCN1CCOCC1. The molecule has 2 rings (SSSR count). The standard InChI is InChI=1S/C17H35N5O/c1-3-18-17(20-15-16-7-5-10-22(16)4-2)19-8-6-9-21-11-13-23-14-12-21/h16H,3-15H2,1-2H3,(H2,18,19,20). The smallest absolute Gasteiger partial charge is 0.191 e. The molecule has 0 amide bonds. The van der Waals surface area contributed by atoms with Crippen molar-refractivity contribution in [3.05, 3.63) is 0 Å². The number of hydrogen-bond donors (Lipinski definition) is 2. The van der Waals surface area contributed by atoms with Gasteiger partial charge >= 0.3 is 0 Å². The van der Waals surface area contributed by atoms with Gasteiger partial charge in [-0.05, 0) is 45.8 Å². The third-order valence-corrected chi connectivity index (χ3v) is 4.76. The van der Waals surface area contributed by atoms with Crippen molar-refractivity contribution in [1.29, 1.82) is 0 Å². The molecule has 0 aromatic heterocycles. The third-order valence-electron chi connectivity index (χ3n) is 4.76. The molecule has 0 saturated carbocycles. The Kier molecular flexibility index (Phi) is 8.71. The second-order valence-corrected chi connectivity index (χ2v) is 6.38. The van der Waals surface area contributed by atoms with Crippen molar-refractivity contribution in [2.75, 3.05) is 65.6 Å². The molecule has 0 aromatic rings. The molecule has 2 aliphatic rings. The van der Waals surface area contributed by atoms with Crippen LogP contribution in [0, 0.1) is 0 Å². The van der Waals surface area contributed by atoms with Crippen LogP contribution in [-0.4, -0.2) is 87.4 Å². The lowest BCUT2D eigenvalue weighted by Crippen LogP contribution is -2.41. The van der Waals surface area contributed by atoms with Crippen LogP contribution in [0.3, 0.4) is 0 Å². The summed E-state index contributed by atoms with van der Waals surface area (Å²) in [4.78, 5) is 9.82. The summed E-state index contributed by atoms with van der Waals surface area (Å²) in [6.45, 7) is 14.6. The maximum Gasteiger partial charge on any atom is 0.191 e. The Morgan fingerprint density at radius 2 is 2.00 bits per heavy atom. The highest BCUT2D eigenvalue weighted by atomic mass is 16.5. The number of likely N-dealkylation sites (tertiary alicyclic amines) is 1. The second-order valence-electron chi connectivity index (χ2n) is 6.38. The molecule has 0 spiro atoms. The minimum absolute atomic E-state index is 0.629. The van der Waals surface area contributed by atoms with E-state index in [1.165, 1.54) is 19.4 Å². The van der Waals surface area contributed by atoms with Crippen LogP contribution in [0.25, 0.3) is 0 Å². The summed E-state index contributed by atoms with van der Waals surface area (Å²) in [6.07, 6.45) is 3.75. The van der Waals surface area contributed by atoms with Crippen LogP contribution in [0.2, 0.25) is 0 Å². The highest BCUT2D eigenvalue weighted by Crippen LogP contribution is 2.16. The van der Waals surface area contributed by atoms with Crippen LogP contribution in [0.5, 0.6) is 0 Å². The van der Waals surface area contributed by atoms with E-state index in [2.05, 4.69) is 34.3 Å². The molecular formula is C17H35N5O. The number of nitrogens with zero attached hydrogens (tertiary/aromatic N) is 3. The first-order chi connectivity index (χ1) is 11.3. The molecule has 2 aliphatic heterocycles. The Hall–Kier alpha value is -0.850. The molecule has 1 atom stereocenters. The fourth-order valence-corrected chi connectivity index (χ4v) is 3.39. The molecule has 1 unspecified atom stereocenters. The highest BCUT2D eigenvalue weighted by molar-refractivity contribution is 5.79. The maximum atomic E-state index is 5.38. The van der Waals surface area contributed by atoms with Gasteiger partial charge in [0.25, 0.3) is 0 Å². The van der Waals surface area contributed by atoms with Gasteiger partial charge in [-0.1, -0.05) is 6.92 Å². The molecule has 2 heterocycles. The predicted octanol–water partition coefficient (Wildman–Crippen LogP) is 0.748. The van der Waals surface area contributed by atoms with Crippen molar-refractivity contribution in [2.24, 2.45) is 4.99 Å². The second kappa shape index (κ2) is 10.8. The maximum absolute atomic E-state index is 5.38. The van der Waals surface area contributed by atoms with Gasteiger partial charge < -0.3 is 15.4 Å². The lowest BCUT2D eigenvalue weighted by molar-refractivity contribution is 0.0376. The molecule has 134 valence electrons. The van der Waals surface area contributed by atoms with Crippen LogP contribution >= 0.6 is 0 Å². The van der Waals surface area contributed by atoms with Crippen LogP contribution in [-0.2, 0) is 4.74 Å². The number of guanidine groups is 1. The van der Waals surface area contributed by atoms with Crippen LogP contribution in [0.1, 0.15) is 33.1 Å². The first kappa shape index (κ1) is 18.5. The largest absolute Gasteiger partial charge is 0.379 e. The summed E-state index contributed by atoms with van der Waals surface area (Å²) < 4.78 is 5.38. The van der Waals surface area contributed by atoms with E-state index in [0.717, 1.165) is 71.4 Å². The fourth-order valence-electron chi connectivity index (χ4n) is 3.39. The zero-order valence-electron chi connectivity index (χ0n) is 15.0. The van der Waals surface area contributed by atoms with Gasteiger partial charge in [0.2, 0.25) is 0 Å². The highest BCUT2D eigenvalue weighted by Gasteiger charge is 2.22. The van der Waals surface area contributed by atoms with Gasteiger partial charge in [-0.15, -0.1) is 0 Å². The van der Waals surface area contributed by atoms with Crippen molar-refractivity contribution in [2.45, 2.75) is 39.2 Å². The summed E-state index contributed by atoms with van der Waals surface area (Å²) in [5.41, 5.74) is 0. The van der Waals surface area contributed by atoms with E-state index in [1.54, 1.807) is 0 Å². The van der Waals surface area contributed by atoms with E-state index in [9.17, 15) is 0 Å². The molecule has 0 bridgehead atoms. The van der Waals surface area contributed by atoms with Gasteiger partial charge in [-0.3, -0.25) is 14.8 Å². The number of likely N-dealkylation sites (N-methyl/N-ethyl adjacent to an activating group) is 1. The van der Waals surface area contributed by atoms with E-state index in [0.29, 0.717) is 6.04 Å². The molecule has 0 aliphatic carbocycles. The lowest BCUT2D eigenvalue weighted by atomic mass is 10.2. The summed E-state index contributed by atoms with van der Waals surface area (Å²) in [5, 5.41) is 6.84. The number of morpholine rings is 1. The van der Waals surface area contributed by atoms with Gasteiger partial charge in [-0.2, -0.15) is 0 Å². The van der Waals surface area contributed by atoms with E-state index in [1.807, 2.05) is 0 Å². The molecule has 0 aromatic carbocycles. The fraction of sp³-hybridized carbons (Fsp3) is 0.941. The minimum Gasteiger partial charge on any atom is -0.379 e. The Bertz CT molecular complexity index is 344. The van der Waals surface area contributed by atoms with E-state index >= 15 is 0 Å². The Morgan fingerprint density at radius 1 is 1.17 bits per heavy atom. The van der Waals surface area contributed by atoms with Gasteiger partial charge in [0.05, 0.1) is 19.8 Å². The van der Waals surface area contributed by atoms with Crippen molar-refractivity contribution < 1.29 is 4.74 Å². The average molecular weight is 326 g/mol. The lowest BCUT2D eigenvalue weighted by Gasteiger charge is -2.26. The first-order valence-electron chi connectivity index (χ1n) is 9.39. The molecular weight excluding hydrogens is 290 g/mol. The third kappa shape index (κ3) is 6.65. The number of nitrogens with one attached hydrogen (secondary N) is 2. The summed E-state index contributed by atoms with van der Waals surface area (Å²) >= 11 is 0. The van der Waals surface area contributed by atoms with E-state index < -0.39 is 0 Å². The Labute approximate surface area is 141 Å². The normalized spacial score (nSPS) is 24.1. The summed E-state index contributed by atoms with van der Waals surface area (Å²) in [6, 6.07) is 0.629. The van der Waals surface area contributed by atoms with Gasteiger partial charge in [0.1, 0.15) is 0 Å².